The molecule has 1 aromatic carbocycles. The lowest BCUT2D eigenvalue weighted by Crippen LogP contribution is -2.39. The standard InChI is InChI=1S/C17H19N3O2/c1-11-8-16(21)19-9-14(11)17(22)20-10-15-13-5-3-2-4-12(13)6-7-18-15/h2-5,8-9,15,18H,6-7,10H2,1H3,(H,19,21)(H,20,22). The summed E-state index contributed by atoms with van der Waals surface area (Å²) in [4.78, 5) is 26.0. The highest BCUT2D eigenvalue weighted by Crippen LogP contribution is 2.21. The molecule has 1 aliphatic heterocycles. The number of carbonyl (C=O) groups is 1. The van der Waals surface area contributed by atoms with Crippen molar-refractivity contribution >= 4 is 5.91 Å². The second kappa shape index (κ2) is 6.15. The second-order valence-corrected chi connectivity index (χ2v) is 5.56. The molecule has 0 spiro atoms. The number of amides is 1. The van der Waals surface area contributed by atoms with Gasteiger partial charge in [0.2, 0.25) is 5.56 Å². The minimum absolute atomic E-state index is 0.122. The van der Waals surface area contributed by atoms with Crippen LogP contribution in [-0.2, 0) is 6.42 Å². The first-order valence-electron chi connectivity index (χ1n) is 7.44. The molecule has 0 radical (unpaired) electrons. The van der Waals surface area contributed by atoms with Gasteiger partial charge < -0.3 is 15.6 Å². The largest absolute Gasteiger partial charge is 0.350 e. The molecular formula is C17H19N3O2. The topological polar surface area (TPSA) is 74.0 Å². The van der Waals surface area contributed by atoms with Crippen LogP contribution in [0.1, 0.15) is 33.1 Å². The lowest BCUT2D eigenvalue weighted by molar-refractivity contribution is 0.0948. The van der Waals surface area contributed by atoms with Gasteiger partial charge in [-0.2, -0.15) is 0 Å². The van der Waals surface area contributed by atoms with Gasteiger partial charge in [0.15, 0.2) is 0 Å². The van der Waals surface area contributed by atoms with Crippen LogP contribution in [0.15, 0.2) is 41.3 Å². The highest BCUT2D eigenvalue weighted by Gasteiger charge is 2.20. The molecule has 5 nitrogen and oxygen atoms in total. The maximum Gasteiger partial charge on any atom is 0.253 e. The van der Waals surface area contributed by atoms with Crippen LogP contribution >= 0.6 is 0 Å². The average Bonchev–Trinajstić information content (AvgIpc) is 2.52. The molecule has 22 heavy (non-hydrogen) atoms. The maximum absolute atomic E-state index is 12.3. The number of carbonyl (C=O) groups excluding carboxylic acids is 1. The summed E-state index contributed by atoms with van der Waals surface area (Å²) in [6, 6.07) is 9.86. The molecule has 1 amide bonds. The van der Waals surface area contributed by atoms with E-state index in [1.807, 2.05) is 12.1 Å². The Bertz CT molecular complexity index is 752. The maximum atomic E-state index is 12.3. The van der Waals surface area contributed by atoms with E-state index in [0.717, 1.165) is 13.0 Å². The van der Waals surface area contributed by atoms with E-state index in [4.69, 9.17) is 0 Å². The molecule has 3 rings (SSSR count). The van der Waals surface area contributed by atoms with E-state index in [-0.39, 0.29) is 17.5 Å². The van der Waals surface area contributed by atoms with Crippen LogP contribution in [-0.4, -0.2) is 24.0 Å². The summed E-state index contributed by atoms with van der Waals surface area (Å²) < 4.78 is 0. The van der Waals surface area contributed by atoms with Gasteiger partial charge in [-0.15, -0.1) is 0 Å². The van der Waals surface area contributed by atoms with Gasteiger partial charge in [0.25, 0.3) is 5.91 Å². The number of aromatic nitrogens is 1. The lowest BCUT2D eigenvalue weighted by atomic mass is 9.94. The van der Waals surface area contributed by atoms with Crippen molar-refractivity contribution in [3.8, 4) is 0 Å². The average molecular weight is 297 g/mol. The molecule has 0 bridgehead atoms. The molecule has 2 aromatic rings. The Kier molecular flexibility index (Phi) is 4.06. The number of nitrogens with one attached hydrogen (secondary N) is 3. The fraction of sp³-hybridized carbons (Fsp3) is 0.294. The third kappa shape index (κ3) is 2.94. The van der Waals surface area contributed by atoms with Gasteiger partial charge in [-0.1, -0.05) is 24.3 Å². The third-order valence-electron chi connectivity index (χ3n) is 4.06. The first-order valence-corrected chi connectivity index (χ1v) is 7.44. The van der Waals surface area contributed by atoms with Gasteiger partial charge in [-0.3, -0.25) is 9.59 Å². The minimum Gasteiger partial charge on any atom is -0.350 e. The molecule has 0 saturated carbocycles. The quantitative estimate of drug-likeness (QED) is 0.799. The number of fused-ring (bicyclic) bond motifs is 1. The first-order chi connectivity index (χ1) is 10.6. The van der Waals surface area contributed by atoms with Crippen molar-refractivity contribution < 1.29 is 4.79 Å². The van der Waals surface area contributed by atoms with Crippen molar-refractivity contribution in [2.45, 2.75) is 19.4 Å². The molecule has 1 aromatic heterocycles. The molecule has 0 aliphatic carbocycles. The Balaban J connectivity index is 1.71. The van der Waals surface area contributed by atoms with Gasteiger partial charge in [0, 0.05) is 24.8 Å². The fourth-order valence-corrected chi connectivity index (χ4v) is 2.88. The summed E-state index contributed by atoms with van der Waals surface area (Å²) in [5.41, 5.74) is 3.56. The highest BCUT2D eigenvalue weighted by atomic mass is 16.1. The molecule has 114 valence electrons. The van der Waals surface area contributed by atoms with Gasteiger partial charge in [-0.05, 0) is 36.6 Å². The van der Waals surface area contributed by atoms with Crippen molar-refractivity contribution in [1.82, 2.24) is 15.6 Å². The molecule has 1 aliphatic rings. The summed E-state index contributed by atoms with van der Waals surface area (Å²) in [5.74, 6) is -0.168. The van der Waals surface area contributed by atoms with Crippen molar-refractivity contribution in [3.05, 3.63) is 69.1 Å². The predicted octanol–water partition coefficient (Wildman–Crippen LogP) is 1.30. The van der Waals surface area contributed by atoms with Crippen LogP contribution in [0.25, 0.3) is 0 Å². The fourth-order valence-electron chi connectivity index (χ4n) is 2.88. The lowest BCUT2D eigenvalue weighted by Gasteiger charge is -2.27. The summed E-state index contributed by atoms with van der Waals surface area (Å²) in [5, 5.41) is 6.38. The number of pyridine rings is 1. The molecule has 3 N–H and O–H groups in total. The number of rotatable bonds is 3. The minimum atomic E-state index is -0.197. The SMILES string of the molecule is Cc1cc(=O)[nH]cc1C(=O)NCC1NCCc2ccccc21. The number of hydrogen-bond acceptors (Lipinski definition) is 3. The van der Waals surface area contributed by atoms with E-state index in [9.17, 15) is 9.59 Å². The normalized spacial score (nSPS) is 16.9. The number of hydrogen-bond donors (Lipinski definition) is 3. The molecule has 0 saturated heterocycles. The third-order valence-corrected chi connectivity index (χ3v) is 4.06. The van der Waals surface area contributed by atoms with Crippen molar-refractivity contribution in [2.24, 2.45) is 0 Å². The van der Waals surface area contributed by atoms with Crippen LogP contribution in [0.5, 0.6) is 0 Å². The van der Waals surface area contributed by atoms with Crippen molar-refractivity contribution in [3.63, 3.8) is 0 Å². The van der Waals surface area contributed by atoms with E-state index >= 15 is 0 Å². The zero-order chi connectivity index (χ0) is 15.5. The Morgan fingerprint density at radius 1 is 1.36 bits per heavy atom. The highest BCUT2D eigenvalue weighted by molar-refractivity contribution is 5.95. The Morgan fingerprint density at radius 3 is 3.00 bits per heavy atom. The van der Waals surface area contributed by atoms with Gasteiger partial charge in [0.05, 0.1) is 5.56 Å². The van der Waals surface area contributed by atoms with E-state index in [1.54, 1.807) is 6.92 Å². The monoisotopic (exact) mass is 297 g/mol. The smallest absolute Gasteiger partial charge is 0.253 e. The van der Waals surface area contributed by atoms with Crippen LogP contribution in [0.3, 0.4) is 0 Å². The van der Waals surface area contributed by atoms with E-state index in [0.29, 0.717) is 17.7 Å². The van der Waals surface area contributed by atoms with Gasteiger partial charge in [-0.25, -0.2) is 0 Å². The number of aromatic amines is 1. The molecule has 1 atom stereocenters. The van der Waals surface area contributed by atoms with Crippen molar-refractivity contribution in [2.75, 3.05) is 13.1 Å². The number of aryl methyl sites for hydroxylation is 1. The van der Waals surface area contributed by atoms with E-state index in [1.165, 1.54) is 23.4 Å². The summed E-state index contributed by atoms with van der Waals surface area (Å²) in [7, 11) is 0. The summed E-state index contributed by atoms with van der Waals surface area (Å²) >= 11 is 0. The molecule has 2 heterocycles. The van der Waals surface area contributed by atoms with E-state index < -0.39 is 0 Å². The molecule has 5 heteroatoms. The zero-order valence-electron chi connectivity index (χ0n) is 12.5. The Labute approximate surface area is 128 Å². The summed E-state index contributed by atoms with van der Waals surface area (Å²) in [6.45, 7) is 3.20. The second-order valence-electron chi connectivity index (χ2n) is 5.56. The first kappa shape index (κ1) is 14.5. The van der Waals surface area contributed by atoms with Gasteiger partial charge in [0.1, 0.15) is 0 Å². The molecular weight excluding hydrogens is 278 g/mol. The zero-order valence-corrected chi connectivity index (χ0v) is 12.5. The molecule has 1 unspecified atom stereocenters. The van der Waals surface area contributed by atoms with E-state index in [2.05, 4.69) is 27.8 Å². The van der Waals surface area contributed by atoms with Gasteiger partial charge >= 0.3 is 0 Å². The Morgan fingerprint density at radius 2 is 2.18 bits per heavy atom. The van der Waals surface area contributed by atoms with Crippen molar-refractivity contribution in [1.29, 1.82) is 0 Å². The molecule has 0 fully saturated rings. The number of H-pyrrole nitrogens is 1. The summed E-state index contributed by atoms with van der Waals surface area (Å²) in [6.07, 6.45) is 2.48. The Hall–Kier alpha value is -2.40. The van der Waals surface area contributed by atoms with Crippen LogP contribution in [0.2, 0.25) is 0 Å². The predicted molar refractivity (Wildman–Crippen MR) is 85.0 cm³/mol. The van der Waals surface area contributed by atoms with Crippen LogP contribution in [0.4, 0.5) is 0 Å². The van der Waals surface area contributed by atoms with Crippen LogP contribution in [0, 0.1) is 6.92 Å². The van der Waals surface area contributed by atoms with Crippen LogP contribution < -0.4 is 16.2 Å². The number of benzene rings is 1.